The third-order valence-electron chi connectivity index (χ3n) is 6.28. The predicted molar refractivity (Wildman–Crippen MR) is 128 cm³/mol. The van der Waals surface area contributed by atoms with E-state index >= 15 is 0 Å². The third kappa shape index (κ3) is 5.30. The molecule has 4 rings (SSSR count). The van der Waals surface area contributed by atoms with E-state index < -0.39 is 0 Å². The lowest BCUT2D eigenvalue weighted by Crippen LogP contribution is -2.41. The number of carbonyl (C=O) groups is 2. The van der Waals surface area contributed by atoms with Crippen LogP contribution in [0.4, 0.5) is 5.69 Å². The molecule has 7 nitrogen and oxygen atoms in total. The first kappa shape index (κ1) is 23.1. The van der Waals surface area contributed by atoms with E-state index in [4.69, 9.17) is 9.47 Å². The summed E-state index contributed by atoms with van der Waals surface area (Å²) in [5, 5.41) is 3.01. The monoisotopic (exact) mass is 451 g/mol. The SMILES string of the molecule is Cc1cc(C)c(NC(=O)CN(C)CC(=O)N2CCC[C@@H]2c2ccc3c(c2)OCCO3)c(C)c1. The minimum atomic E-state index is -0.120. The van der Waals surface area contributed by atoms with Gasteiger partial charge in [-0.2, -0.15) is 0 Å². The van der Waals surface area contributed by atoms with Gasteiger partial charge in [0.2, 0.25) is 11.8 Å². The maximum absolute atomic E-state index is 13.1. The van der Waals surface area contributed by atoms with Crippen molar-refractivity contribution < 1.29 is 19.1 Å². The molecule has 7 heteroatoms. The smallest absolute Gasteiger partial charge is 0.238 e. The number of ether oxygens (including phenoxy) is 2. The second kappa shape index (κ2) is 9.83. The standard InChI is InChI=1S/C26H33N3O4/c1-17-12-18(2)26(19(3)13-17)27-24(30)15-28(4)16-25(31)29-9-5-6-21(29)20-7-8-22-23(14-20)33-11-10-32-22/h7-8,12-14,21H,5-6,9-11,15-16H2,1-4H3,(H,27,30)/t21-/m1/s1. The predicted octanol–water partition coefficient (Wildman–Crippen LogP) is 3.62. The second-order valence-corrected chi connectivity index (χ2v) is 9.14. The van der Waals surface area contributed by atoms with Crippen molar-refractivity contribution in [2.45, 2.75) is 39.7 Å². The Morgan fingerprint density at radius 1 is 1.03 bits per heavy atom. The van der Waals surface area contributed by atoms with Crippen LogP contribution in [0.2, 0.25) is 0 Å². The zero-order chi connectivity index (χ0) is 23.5. The largest absolute Gasteiger partial charge is 0.486 e. The van der Waals surface area contributed by atoms with Gasteiger partial charge in [-0.05, 0) is 69.5 Å². The molecule has 0 spiro atoms. The van der Waals surface area contributed by atoms with Crippen LogP contribution in [0.15, 0.2) is 30.3 Å². The number of benzene rings is 2. The van der Waals surface area contributed by atoms with Crippen molar-refractivity contribution in [1.82, 2.24) is 9.80 Å². The zero-order valence-electron chi connectivity index (χ0n) is 19.9. The first-order valence-electron chi connectivity index (χ1n) is 11.6. The highest BCUT2D eigenvalue weighted by atomic mass is 16.6. The molecule has 2 amide bonds. The molecule has 0 aromatic heterocycles. The molecule has 2 aliphatic rings. The topological polar surface area (TPSA) is 71.1 Å². The lowest BCUT2D eigenvalue weighted by molar-refractivity contribution is -0.133. The van der Waals surface area contributed by atoms with Crippen LogP contribution >= 0.6 is 0 Å². The number of amides is 2. The molecule has 1 fully saturated rings. The van der Waals surface area contributed by atoms with Gasteiger partial charge >= 0.3 is 0 Å². The van der Waals surface area contributed by atoms with E-state index in [0.717, 1.165) is 53.3 Å². The molecule has 2 aliphatic heterocycles. The first-order chi connectivity index (χ1) is 15.8. The maximum atomic E-state index is 13.1. The van der Waals surface area contributed by atoms with Gasteiger partial charge in [0.1, 0.15) is 13.2 Å². The van der Waals surface area contributed by atoms with E-state index in [1.165, 1.54) is 5.56 Å². The lowest BCUT2D eigenvalue weighted by atomic mass is 10.0. The van der Waals surface area contributed by atoms with Gasteiger partial charge in [-0.15, -0.1) is 0 Å². The molecule has 33 heavy (non-hydrogen) atoms. The van der Waals surface area contributed by atoms with Crippen LogP contribution in [-0.2, 0) is 9.59 Å². The molecule has 1 saturated heterocycles. The highest BCUT2D eigenvalue weighted by Crippen LogP contribution is 2.38. The molecule has 2 heterocycles. The number of carbonyl (C=O) groups excluding carboxylic acids is 2. The van der Waals surface area contributed by atoms with E-state index in [-0.39, 0.29) is 30.9 Å². The van der Waals surface area contributed by atoms with Crippen LogP contribution in [0.5, 0.6) is 11.5 Å². The van der Waals surface area contributed by atoms with Crippen LogP contribution in [-0.4, -0.2) is 61.5 Å². The van der Waals surface area contributed by atoms with Crippen LogP contribution in [0.25, 0.3) is 0 Å². The summed E-state index contributed by atoms with van der Waals surface area (Å²) >= 11 is 0. The van der Waals surface area contributed by atoms with Crippen molar-refractivity contribution in [1.29, 1.82) is 0 Å². The summed E-state index contributed by atoms with van der Waals surface area (Å²) in [6.45, 7) is 8.20. The summed E-state index contributed by atoms with van der Waals surface area (Å²) in [7, 11) is 1.81. The zero-order valence-corrected chi connectivity index (χ0v) is 19.9. The van der Waals surface area contributed by atoms with E-state index in [0.29, 0.717) is 13.2 Å². The lowest BCUT2D eigenvalue weighted by Gasteiger charge is -2.28. The fourth-order valence-electron chi connectivity index (χ4n) is 4.86. The summed E-state index contributed by atoms with van der Waals surface area (Å²) < 4.78 is 11.3. The molecule has 0 bridgehead atoms. The number of anilines is 1. The molecule has 176 valence electrons. The van der Waals surface area contributed by atoms with Gasteiger partial charge in [0, 0.05) is 12.2 Å². The quantitative estimate of drug-likeness (QED) is 0.727. The van der Waals surface area contributed by atoms with Crippen LogP contribution in [0, 0.1) is 20.8 Å². The molecule has 2 aromatic rings. The average molecular weight is 452 g/mol. The Bertz CT molecular complexity index is 1030. The van der Waals surface area contributed by atoms with Crippen molar-refractivity contribution in [2.24, 2.45) is 0 Å². The molecule has 2 aromatic carbocycles. The molecule has 0 unspecified atom stereocenters. The normalized spacial score (nSPS) is 17.4. The summed E-state index contributed by atoms with van der Waals surface area (Å²) in [5.74, 6) is 1.41. The number of hydrogen-bond donors (Lipinski definition) is 1. The Morgan fingerprint density at radius 3 is 2.45 bits per heavy atom. The molecule has 0 aliphatic carbocycles. The van der Waals surface area contributed by atoms with E-state index in [1.54, 1.807) is 4.90 Å². The summed E-state index contributed by atoms with van der Waals surface area (Å²) in [6.07, 6.45) is 1.88. The first-order valence-corrected chi connectivity index (χ1v) is 11.6. The summed E-state index contributed by atoms with van der Waals surface area (Å²) in [5.41, 5.74) is 5.17. The fourth-order valence-corrected chi connectivity index (χ4v) is 4.86. The van der Waals surface area contributed by atoms with E-state index in [1.807, 2.05) is 50.9 Å². The van der Waals surface area contributed by atoms with Gasteiger partial charge in [0.05, 0.1) is 19.1 Å². The Balaban J connectivity index is 1.36. The third-order valence-corrected chi connectivity index (χ3v) is 6.28. The van der Waals surface area contributed by atoms with Gasteiger partial charge in [0.25, 0.3) is 0 Å². The number of nitrogens with one attached hydrogen (secondary N) is 1. The molecule has 1 atom stereocenters. The minimum absolute atomic E-state index is 0.0217. The van der Waals surface area contributed by atoms with Crippen molar-refractivity contribution in [3.63, 3.8) is 0 Å². The van der Waals surface area contributed by atoms with Crippen molar-refractivity contribution >= 4 is 17.5 Å². The Labute approximate surface area is 195 Å². The average Bonchev–Trinajstić information content (AvgIpc) is 3.26. The van der Waals surface area contributed by atoms with E-state index in [2.05, 4.69) is 17.4 Å². The maximum Gasteiger partial charge on any atom is 0.238 e. The summed E-state index contributed by atoms with van der Waals surface area (Å²) in [4.78, 5) is 29.4. The van der Waals surface area contributed by atoms with Gasteiger partial charge in [-0.3, -0.25) is 14.5 Å². The number of hydrogen-bond acceptors (Lipinski definition) is 5. The van der Waals surface area contributed by atoms with Crippen molar-refractivity contribution in [3.05, 3.63) is 52.6 Å². The van der Waals surface area contributed by atoms with Crippen LogP contribution in [0.3, 0.4) is 0 Å². The molecular weight excluding hydrogens is 418 g/mol. The van der Waals surface area contributed by atoms with Gasteiger partial charge in [0.15, 0.2) is 11.5 Å². The molecule has 0 radical (unpaired) electrons. The molecular formula is C26H33N3O4. The van der Waals surface area contributed by atoms with Gasteiger partial charge in [-0.1, -0.05) is 23.8 Å². The van der Waals surface area contributed by atoms with E-state index in [9.17, 15) is 9.59 Å². The van der Waals surface area contributed by atoms with Gasteiger partial charge in [-0.25, -0.2) is 0 Å². The second-order valence-electron chi connectivity index (χ2n) is 9.14. The van der Waals surface area contributed by atoms with Crippen molar-refractivity contribution in [2.75, 3.05) is 45.2 Å². The Kier molecular flexibility index (Phi) is 6.88. The Hall–Kier alpha value is -3.06. The highest BCUT2D eigenvalue weighted by molar-refractivity contribution is 5.94. The highest BCUT2D eigenvalue weighted by Gasteiger charge is 2.31. The number of fused-ring (bicyclic) bond motifs is 1. The Morgan fingerprint density at radius 2 is 1.73 bits per heavy atom. The number of rotatable bonds is 6. The van der Waals surface area contributed by atoms with Crippen molar-refractivity contribution in [3.8, 4) is 11.5 Å². The van der Waals surface area contributed by atoms with Crippen LogP contribution < -0.4 is 14.8 Å². The number of nitrogens with zero attached hydrogens (tertiary/aromatic N) is 2. The number of aryl methyl sites for hydroxylation is 3. The summed E-state index contributed by atoms with van der Waals surface area (Å²) in [6, 6.07) is 10.1. The molecule has 1 N–H and O–H groups in total. The fraction of sp³-hybridized carbons (Fsp3) is 0.462. The number of likely N-dealkylation sites (tertiary alicyclic amines) is 1. The van der Waals surface area contributed by atoms with Gasteiger partial charge < -0.3 is 19.7 Å². The van der Waals surface area contributed by atoms with Crippen LogP contribution in [0.1, 0.15) is 41.1 Å². The number of likely N-dealkylation sites (N-methyl/N-ethyl adjacent to an activating group) is 1. The minimum Gasteiger partial charge on any atom is -0.486 e. The molecule has 0 saturated carbocycles.